The predicted molar refractivity (Wildman–Crippen MR) is 125 cm³/mol. The molecule has 0 atom stereocenters. The topological polar surface area (TPSA) is 88.0 Å². The number of fused-ring (bicyclic) bond motifs is 1. The van der Waals surface area contributed by atoms with Crippen molar-refractivity contribution in [1.29, 1.82) is 0 Å². The van der Waals surface area contributed by atoms with Crippen LogP contribution in [0, 0.1) is 0 Å². The van der Waals surface area contributed by atoms with E-state index >= 15 is 0 Å². The normalized spacial score (nSPS) is 19.9. The maximum absolute atomic E-state index is 11.7. The molecule has 172 valence electrons. The Kier molecular flexibility index (Phi) is 6.39. The Balaban J connectivity index is 1.24. The summed E-state index contributed by atoms with van der Waals surface area (Å²) in [7, 11) is 0. The van der Waals surface area contributed by atoms with E-state index in [2.05, 4.69) is 43.2 Å². The molecular formula is C24H35N7O. The number of imidazole rings is 1. The maximum atomic E-state index is 11.7. The number of nitrogens with one attached hydrogen (secondary N) is 2. The van der Waals surface area contributed by atoms with Crippen LogP contribution in [-0.4, -0.2) is 51.1 Å². The van der Waals surface area contributed by atoms with Crippen molar-refractivity contribution in [1.82, 2.24) is 24.8 Å². The highest BCUT2D eigenvalue weighted by molar-refractivity contribution is 5.93. The van der Waals surface area contributed by atoms with Gasteiger partial charge in [0.1, 0.15) is 23.8 Å². The minimum atomic E-state index is 0.0434. The SMILES string of the molecule is CCc1cn(CCNC2CCCC2)c(C2CCN(c3ncnc4c3CCC(=O)N4)CC2)n1. The van der Waals surface area contributed by atoms with Crippen LogP contribution in [0.5, 0.6) is 0 Å². The van der Waals surface area contributed by atoms with E-state index in [1.165, 1.54) is 37.2 Å². The average Bonchev–Trinajstić information content (AvgIpc) is 3.49. The lowest BCUT2D eigenvalue weighted by Crippen LogP contribution is -2.36. The summed E-state index contributed by atoms with van der Waals surface area (Å²) in [6.07, 6.45) is 13.6. The molecule has 3 aliphatic rings. The summed E-state index contributed by atoms with van der Waals surface area (Å²) < 4.78 is 2.41. The molecule has 0 unspecified atom stereocenters. The number of piperidine rings is 1. The first-order chi connectivity index (χ1) is 15.7. The molecule has 0 bridgehead atoms. The summed E-state index contributed by atoms with van der Waals surface area (Å²) in [6.45, 7) is 6.12. The number of carbonyl (C=O) groups is 1. The molecule has 8 nitrogen and oxygen atoms in total. The number of anilines is 2. The monoisotopic (exact) mass is 437 g/mol. The van der Waals surface area contributed by atoms with Crippen molar-refractivity contribution in [2.75, 3.05) is 29.9 Å². The van der Waals surface area contributed by atoms with Gasteiger partial charge < -0.3 is 20.1 Å². The van der Waals surface area contributed by atoms with Crippen LogP contribution in [0.2, 0.25) is 0 Å². The predicted octanol–water partition coefficient (Wildman–Crippen LogP) is 3.04. The van der Waals surface area contributed by atoms with Gasteiger partial charge >= 0.3 is 0 Å². The van der Waals surface area contributed by atoms with E-state index in [0.717, 1.165) is 63.2 Å². The van der Waals surface area contributed by atoms with Crippen molar-refractivity contribution in [3.8, 4) is 0 Å². The number of amides is 1. The van der Waals surface area contributed by atoms with Crippen LogP contribution in [0.4, 0.5) is 11.6 Å². The van der Waals surface area contributed by atoms with Gasteiger partial charge in [-0.3, -0.25) is 4.79 Å². The highest BCUT2D eigenvalue weighted by atomic mass is 16.1. The van der Waals surface area contributed by atoms with Gasteiger partial charge in [0.2, 0.25) is 5.91 Å². The molecule has 0 aromatic carbocycles. The van der Waals surface area contributed by atoms with Crippen LogP contribution >= 0.6 is 0 Å². The lowest BCUT2D eigenvalue weighted by atomic mass is 9.95. The van der Waals surface area contributed by atoms with Gasteiger partial charge in [-0.05, 0) is 38.5 Å². The molecule has 32 heavy (non-hydrogen) atoms. The molecule has 2 N–H and O–H groups in total. The minimum Gasteiger partial charge on any atom is -0.356 e. The van der Waals surface area contributed by atoms with Gasteiger partial charge in [0.15, 0.2) is 0 Å². The molecule has 2 fully saturated rings. The van der Waals surface area contributed by atoms with Crippen molar-refractivity contribution < 1.29 is 4.79 Å². The highest BCUT2D eigenvalue weighted by Gasteiger charge is 2.29. The molecule has 2 aliphatic heterocycles. The molecule has 2 aromatic heterocycles. The maximum Gasteiger partial charge on any atom is 0.225 e. The largest absolute Gasteiger partial charge is 0.356 e. The van der Waals surface area contributed by atoms with Crippen LogP contribution < -0.4 is 15.5 Å². The second-order valence-corrected chi connectivity index (χ2v) is 9.41. The van der Waals surface area contributed by atoms with Crippen LogP contribution in [0.25, 0.3) is 0 Å². The second-order valence-electron chi connectivity index (χ2n) is 9.41. The minimum absolute atomic E-state index is 0.0434. The van der Waals surface area contributed by atoms with Gasteiger partial charge in [-0.1, -0.05) is 19.8 Å². The Hall–Kier alpha value is -2.48. The molecule has 2 aromatic rings. The fourth-order valence-electron chi connectivity index (χ4n) is 5.48. The van der Waals surface area contributed by atoms with E-state index in [4.69, 9.17) is 4.98 Å². The quantitative estimate of drug-likeness (QED) is 0.692. The van der Waals surface area contributed by atoms with Crippen molar-refractivity contribution in [3.63, 3.8) is 0 Å². The Morgan fingerprint density at radius 2 is 1.94 bits per heavy atom. The molecule has 8 heteroatoms. The molecular weight excluding hydrogens is 402 g/mol. The highest BCUT2D eigenvalue weighted by Crippen LogP contribution is 2.34. The van der Waals surface area contributed by atoms with Crippen LogP contribution in [0.1, 0.15) is 74.9 Å². The lowest BCUT2D eigenvalue weighted by molar-refractivity contribution is -0.116. The van der Waals surface area contributed by atoms with Crippen molar-refractivity contribution in [2.24, 2.45) is 0 Å². The Morgan fingerprint density at radius 1 is 1.12 bits per heavy atom. The van der Waals surface area contributed by atoms with Crippen LogP contribution in [0.15, 0.2) is 12.5 Å². The third kappa shape index (κ3) is 4.51. The summed E-state index contributed by atoms with van der Waals surface area (Å²) in [5.41, 5.74) is 2.28. The standard InChI is InChI=1S/C24H35N7O/c1-2-18-15-31(14-11-25-19-5-3-4-6-19)23(28-18)17-9-12-30(13-10-17)24-20-7-8-21(32)29-22(20)26-16-27-24/h15-17,19,25H,2-14H2,1H3,(H,26,27,29,32). The van der Waals surface area contributed by atoms with E-state index in [1.807, 2.05) is 0 Å². The number of hydrogen-bond acceptors (Lipinski definition) is 6. The first kappa shape index (κ1) is 21.4. The first-order valence-corrected chi connectivity index (χ1v) is 12.4. The van der Waals surface area contributed by atoms with E-state index < -0.39 is 0 Å². The first-order valence-electron chi connectivity index (χ1n) is 12.4. The molecule has 0 spiro atoms. The van der Waals surface area contributed by atoms with E-state index in [0.29, 0.717) is 24.2 Å². The van der Waals surface area contributed by atoms with E-state index in [1.54, 1.807) is 6.33 Å². The molecule has 1 amide bonds. The summed E-state index contributed by atoms with van der Waals surface area (Å²) in [5, 5.41) is 6.64. The second kappa shape index (κ2) is 9.57. The average molecular weight is 438 g/mol. The summed E-state index contributed by atoms with van der Waals surface area (Å²) in [4.78, 5) is 28.0. The Morgan fingerprint density at radius 3 is 2.72 bits per heavy atom. The third-order valence-electron chi connectivity index (χ3n) is 7.30. The zero-order valence-corrected chi connectivity index (χ0v) is 19.1. The van der Waals surface area contributed by atoms with Crippen LogP contribution in [-0.2, 0) is 24.2 Å². The number of carbonyl (C=O) groups excluding carboxylic acids is 1. The molecule has 1 saturated heterocycles. The smallest absolute Gasteiger partial charge is 0.225 e. The van der Waals surface area contributed by atoms with Gasteiger partial charge in [0, 0.05) is 56.3 Å². The molecule has 1 aliphatic carbocycles. The molecule has 0 radical (unpaired) electrons. The fourth-order valence-corrected chi connectivity index (χ4v) is 5.48. The van der Waals surface area contributed by atoms with Crippen molar-refractivity contribution >= 4 is 17.5 Å². The van der Waals surface area contributed by atoms with E-state index in [-0.39, 0.29) is 5.91 Å². The number of hydrogen-bond donors (Lipinski definition) is 2. The van der Waals surface area contributed by atoms with Gasteiger partial charge in [-0.25, -0.2) is 15.0 Å². The van der Waals surface area contributed by atoms with Crippen molar-refractivity contribution in [3.05, 3.63) is 29.6 Å². The number of aryl methyl sites for hydroxylation is 1. The van der Waals surface area contributed by atoms with Gasteiger partial charge in [0.25, 0.3) is 0 Å². The molecule has 5 rings (SSSR count). The zero-order valence-electron chi connectivity index (χ0n) is 19.1. The Bertz CT molecular complexity index is 942. The van der Waals surface area contributed by atoms with E-state index in [9.17, 15) is 4.79 Å². The lowest BCUT2D eigenvalue weighted by Gasteiger charge is -2.34. The zero-order chi connectivity index (χ0) is 21.9. The summed E-state index contributed by atoms with van der Waals surface area (Å²) >= 11 is 0. The Labute approximate surface area is 190 Å². The molecule has 1 saturated carbocycles. The number of nitrogens with zero attached hydrogens (tertiary/aromatic N) is 5. The number of aromatic nitrogens is 4. The van der Waals surface area contributed by atoms with Gasteiger partial charge in [-0.2, -0.15) is 0 Å². The van der Waals surface area contributed by atoms with Crippen LogP contribution in [0.3, 0.4) is 0 Å². The third-order valence-corrected chi connectivity index (χ3v) is 7.30. The molecule has 4 heterocycles. The van der Waals surface area contributed by atoms with Crippen molar-refractivity contribution in [2.45, 2.75) is 83.2 Å². The fraction of sp³-hybridized carbons (Fsp3) is 0.667. The summed E-state index contributed by atoms with van der Waals surface area (Å²) in [6, 6.07) is 0.708. The van der Waals surface area contributed by atoms with Gasteiger partial charge in [0.05, 0.1) is 5.69 Å². The summed E-state index contributed by atoms with van der Waals surface area (Å²) in [5.74, 6) is 3.46. The van der Waals surface area contributed by atoms with Gasteiger partial charge in [-0.15, -0.1) is 0 Å². The number of rotatable bonds is 7.